The Morgan fingerprint density at radius 1 is 1.18 bits per heavy atom. The zero-order chi connectivity index (χ0) is 12.2. The fourth-order valence-electron chi connectivity index (χ4n) is 2.65. The van der Waals surface area contributed by atoms with E-state index in [1.54, 1.807) is 0 Å². The smallest absolute Gasteiger partial charge is 0.144 e. The van der Waals surface area contributed by atoms with Gasteiger partial charge in [-0.2, -0.15) is 0 Å². The van der Waals surface area contributed by atoms with Crippen molar-refractivity contribution in [3.63, 3.8) is 0 Å². The third kappa shape index (κ3) is 1.32. The minimum absolute atomic E-state index is 0.130. The zero-order valence-electron chi connectivity index (χ0n) is 10.7. The number of nitrogens with zero attached hydrogens (tertiary/aromatic N) is 2. The fraction of sp³-hybridized carbons (Fsp3) is 0.357. The van der Waals surface area contributed by atoms with E-state index in [0.717, 1.165) is 17.2 Å². The van der Waals surface area contributed by atoms with E-state index in [2.05, 4.69) is 61.8 Å². The molecule has 1 aliphatic rings. The minimum Gasteiger partial charge on any atom is -0.362 e. The van der Waals surface area contributed by atoms with Gasteiger partial charge in [-0.3, -0.25) is 0 Å². The molecular formula is C14H17N3. The maximum atomic E-state index is 4.71. The highest BCUT2D eigenvalue weighted by Crippen LogP contribution is 2.39. The van der Waals surface area contributed by atoms with Gasteiger partial charge in [-0.1, -0.05) is 12.1 Å². The van der Waals surface area contributed by atoms with Gasteiger partial charge in [0.15, 0.2) is 0 Å². The number of para-hydroxylation sites is 1. The van der Waals surface area contributed by atoms with Gasteiger partial charge in [-0.05, 0) is 39.8 Å². The largest absolute Gasteiger partial charge is 0.362 e. The summed E-state index contributed by atoms with van der Waals surface area (Å²) in [5, 5.41) is 3.57. The summed E-state index contributed by atoms with van der Waals surface area (Å²) in [6.45, 7) is 8.56. The molecule has 0 unspecified atom stereocenters. The molecule has 1 aliphatic heterocycles. The first kappa shape index (κ1) is 10.4. The SMILES string of the molecule is Cc1nc2n(c1C)C(C)(C)Nc1ccccc1-2. The predicted molar refractivity (Wildman–Crippen MR) is 70.1 cm³/mol. The molecule has 1 aromatic carbocycles. The summed E-state index contributed by atoms with van der Waals surface area (Å²) in [5.74, 6) is 1.07. The first-order valence-electron chi connectivity index (χ1n) is 5.95. The molecule has 1 N–H and O–H groups in total. The first-order valence-corrected chi connectivity index (χ1v) is 5.95. The second-order valence-corrected chi connectivity index (χ2v) is 5.17. The Hall–Kier alpha value is -1.77. The van der Waals surface area contributed by atoms with E-state index in [9.17, 15) is 0 Å². The third-order valence-corrected chi connectivity index (χ3v) is 3.51. The number of rotatable bonds is 0. The Kier molecular flexibility index (Phi) is 1.91. The number of aryl methyl sites for hydroxylation is 1. The van der Waals surface area contributed by atoms with Gasteiger partial charge in [0.2, 0.25) is 0 Å². The Bertz CT molecular complexity index is 594. The van der Waals surface area contributed by atoms with E-state index in [0.29, 0.717) is 0 Å². The summed E-state index contributed by atoms with van der Waals surface area (Å²) in [7, 11) is 0. The van der Waals surface area contributed by atoms with Crippen LogP contribution in [0.15, 0.2) is 24.3 Å². The molecule has 0 fully saturated rings. The summed E-state index contributed by atoms with van der Waals surface area (Å²) >= 11 is 0. The van der Waals surface area contributed by atoms with Crippen molar-refractivity contribution in [2.24, 2.45) is 0 Å². The monoisotopic (exact) mass is 227 g/mol. The lowest BCUT2D eigenvalue weighted by molar-refractivity contribution is 0.403. The molecule has 0 bridgehead atoms. The van der Waals surface area contributed by atoms with E-state index in [1.807, 2.05) is 0 Å². The maximum absolute atomic E-state index is 4.71. The molecule has 1 aromatic heterocycles. The predicted octanol–water partition coefficient (Wildman–Crippen LogP) is 3.29. The lowest BCUT2D eigenvalue weighted by atomic mass is 10.0. The van der Waals surface area contributed by atoms with Crippen molar-refractivity contribution in [3.05, 3.63) is 35.7 Å². The number of benzene rings is 1. The van der Waals surface area contributed by atoms with E-state index < -0.39 is 0 Å². The zero-order valence-corrected chi connectivity index (χ0v) is 10.7. The maximum Gasteiger partial charge on any atom is 0.144 e. The van der Waals surface area contributed by atoms with Gasteiger partial charge in [0.1, 0.15) is 11.5 Å². The van der Waals surface area contributed by atoms with Gasteiger partial charge < -0.3 is 9.88 Å². The van der Waals surface area contributed by atoms with Crippen LogP contribution in [0.2, 0.25) is 0 Å². The van der Waals surface area contributed by atoms with E-state index >= 15 is 0 Å². The number of fused-ring (bicyclic) bond motifs is 3. The fourth-order valence-corrected chi connectivity index (χ4v) is 2.65. The summed E-state index contributed by atoms with van der Waals surface area (Å²) < 4.78 is 2.28. The highest BCUT2D eigenvalue weighted by atomic mass is 15.3. The van der Waals surface area contributed by atoms with Crippen LogP contribution >= 0.6 is 0 Å². The molecule has 17 heavy (non-hydrogen) atoms. The lowest BCUT2D eigenvalue weighted by Gasteiger charge is -2.37. The highest BCUT2D eigenvalue weighted by molar-refractivity contribution is 5.77. The third-order valence-electron chi connectivity index (χ3n) is 3.51. The Morgan fingerprint density at radius 2 is 1.88 bits per heavy atom. The average molecular weight is 227 g/mol. The summed E-state index contributed by atoms with van der Waals surface area (Å²) in [6.07, 6.45) is 0. The van der Waals surface area contributed by atoms with Crippen molar-refractivity contribution < 1.29 is 0 Å². The van der Waals surface area contributed by atoms with Crippen LogP contribution in [0.4, 0.5) is 5.69 Å². The van der Waals surface area contributed by atoms with Crippen LogP contribution in [0, 0.1) is 13.8 Å². The van der Waals surface area contributed by atoms with Gasteiger partial charge in [0, 0.05) is 16.9 Å². The molecule has 3 heteroatoms. The van der Waals surface area contributed by atoms with Crippen molar-refractivity contribution in [1.82, 2.24) is 9.55 Å². The van der Waals surface area contributed by atoms with E-state index in [-0.39, 0.29) is 5.66 Å². The summed E-state index contributed by atoms with van der Waals surface area (Å²) in [6, 6.07) is 8.35. The molecular weight excluding hydrogens is 210 g/mol. The molecule has 2 heterocycles. The Balaban J connectivity index is 2.37. The second kappa shape index (κ2) is 3.13. The summed E-state index contributed by atoms with van der Waals surface area (Å²) in [5.41, 5.74) is 4.55. The average Bonchev–Trinajstić information content (AvgIpc) is 2.56. The molecule has 0 radical (unpaired) electrons. The van der Waals surface area contributed by atoms with Crippen molar-refractivity contribution >= 4 is 5.69 Å². The number of anilines is 1. The van der Waals surface area contributed by atoms with Crippen molar-refractivity contribution in [3.8, 4) is 11.4 Å². The van der Waals surface area contributed by atoms with Crippen LogP contribution in [0.25, 0.3) is 11.4 Å². The van der Waals surface area contributed by atoms with Crippen LogP contribution < -0.4 is 5.32 Å². The number of imidazole rings is 1. The first-order chi connectivity index (χ1) is 8.00. The summed E-state index contributed by atoms with van der Waals surface area (Å²) in [4.78, 5) is 4.71. The Morgan fingerprint density at radius 3 is 2.65 bits per heavy atom. The molecule has 3 rings (SSSR count). The molecule has 0 saturated heterocycles. The van der Waals surface area contributed by atoms with Crippen LogP contribution in [0.5, 0.6) is 0 Å². The van der Waals surface area contributed by atoms with E-state index in [1.165, 1.54) is 11.3 Å². The standard InChI is InChI=1S/C14H17N3/c1-9-10(2)17-13(15-9)11-7-5-6-8-12(11)16-14(17,3)4/h5-8,16H,1-4H3. The second-order valence-electron chi connectivity index (χ2n) is 5.17. The number of hydrogen-bond donors (Lipinski definition) is 1. The molecule has 2 aromatic rings. The van der Waals surface area contributed by atoms with Crippen molar-refractivity contribution in [2.45, 2.75) is 33.4 Å². The lowest BCUT2D eigenvalue weighted by Crippen LogP contribution is -2.39. The van der Waals surface area contributed by atoms with Crippen LogP contribution in [-0.2, 0) is 5.66 Å². The number of hydrogen-bond acceptors (Lipinski definition) is 2. The molecule has 0 saturated carbocycles. The normalized spacial score (nSPS) is 16.0. The topological polar surface area (TPSA) is 29.9 Å². The number of aromatic nitrogens is 2. The van der Waals surface area contributed by atoms with Gasteiger partial charge in [0.05, 0.1) is 5.69 Å². The van der Waals surface area contributed by atoms with Gasteiger partial charge in [-0.15, -0.1) is 0 Å². The van der Waals surface area contributed by atoms with Crippen molar-refractivity contribution in [1.29, 1.82) is 0 Å². The van der Waals surface area contributed by atoms with Crippen molar-refractivity contribution in [2.75, 3.05) is 5.32 Å². The van der Waals surface area contributed by atoms with Crippen LogP contribution in [-0.4, -0.2) is 9.55 Å². The molecule has 0 atom stereocenters. The molecule has 0 amide bonds. The van der Waals surface area contributed by atoms with Gasteiger partial charge in [-0.25, -0.2) is 4.98 Å². The van der Waals surface area contributed by atoms with Crippen LogP contribution in [0.1, 0.15) is 25.2 Å². The molecule has 0 aliphatic carbocycles. The Labute approximate surface area is 101 Å². The number of nitrogens with one attached hydrogen (secondary N) is 1. The van der Waals surface area contributed by atoms with Gasteiger partial charge >= 0.3 is 0 Å². The molecule has 88 valence electrons. The van der Waals surface area contributed by atoms with Gasteiger partial charge in [0.25, 0.3) is 0 Å². The van der Waals surface area contributed by atoms with E-state index in [4.69, 9.17) is 4.98 Å². The quantitative estimate of drug-likeness (QED) is 0.748. The molecule has 0 spiro atoms. The minimum atomic E-state index is -0.130. The molecule has 3 nitrogen and oxygen atoms in total. The highest BCUT2D eigenvalue weighted by Gasteiger charge is 2.32. The van der Waals surface area contributed by atoms with Crippen LogP contribution in [0.3, 0.4) is 0 Å².